The van der Waals surface area contributed by atoms with E-state index in [4.69, 9.17) is 11.6 Å². The maximum atomic E-state index is 12.0. The molecule has 2 unspecified atom stereocenters. The van der Waals surface area contributed by atoms with Crippen LogP contribution in [0.5, 0.6) is 0 Å². The third kappa shape index (κ3) is 3.82. The van der Waals surface area contributed by atoms with Crippen LogP contribution in [0.2, 0.25) is 0 Å². The van der Waals surface area contributed by atoms with Gasteiger partial charge in [-0.2, -0.15) is 0 Å². The van der Waals surface area contributed by atoms with Gasteiger partial charge in [0.2, 0.25) is 10.0 Å². The molecule has 0 aromatic heterocycles. The number of nitrogens with zero attached hydrogens (tertiary/aromatic N) is 1. The number of rotatable bonds is 5. The van der Waals surface area contributed by atoms with Crippen molar-refractivity contribution in [1.82, 2.24) is 4.31 Å². The molecule has 1 heterocycles. The van der Waals surface area contributed by atoms with E-state index in [0.717, 1.165) is 0 Å². The average Bonchev–Trinajstić information content (AvgIpc) is 2.77. The molecule has 0 aliphatic carbocycles. The molecule has 0 radical (unpaired) electrons. The van der Waals surface area contributed by atoms with Gasteiger partial charge in [0, 0.05) is 19.0 Å². The lowest BCUT2D eigenvalue weighted by Crippen LogP contribution is -2.34. The summed E-state index contributed by atoms with van der Waals surface area (Å²) in [4.78, 5) is 11.3. The van der Waals surface area contributed by atoms with Crippen molar-refractivity contribution in [2.75, 3.05) is 31.8 Å². The second-order valence-corrected chi connectivity index (χ2v) is 6.73. The van der Waals surface area contributed by atoms with Gasteiger partial charge in [0.15, 0.2) is 0 Å². The molecular weight excluding hydrogens is 266 g/mol. The van der Waals surface area contributed by atoms with E-state index in [2.05, 4.69) is 4.74 Å². The van der Waals surface area contributed by atoms with E-state index >= 15 is 0 Å². The minimum Gasteiger partial charge on any atom is -0.469 e. The van der Waals surface area contributed by atoms with Crippen LogP contribution in [-0.4, -0.2) is 50.5 Å². The van der Waals surface area contributed by atoms with Gasteiger partial charge in [-0.3, -0.25) is 4.79 Å². The zero-order valence-electron chi connectivity index (χ0n) is 10.1. The molecule has 7 heteroatoms. The Labute approximate surface area is 107 Å². The van der Waals surface area contributed by atoms with Crippen LogP contribution in [0.25, 0.3) is 0 Å². The fourth-order valence-electron chi connectivity index (χ4n) is 1.85. The molecule has 0 spiro atoms. The SMILES string of the molecule is COC(=O)C1CCN(S(=O)(=O)CC(C)CCl)C1. The highest BCUT2D eigenvalue weighted by Gasteiger charge is 2.35. The first-order valence-corrected chi connectivity index (χ1v) is 7.66. The summed E-state index contributed by atoms with van der Waals surface area (Å²) in [6.45, 7) is 2.40. The molecule has 1 aliphatic heterocycles. The van der Waals surface area contributed by atoms with E-state index in [1.807, 2.05) is 0 Å². The van der Waals surface area contributed by atoms with Gasteiger partial charge in [0.25, 0.3) is 0 Å². The number of ether oxygens (including phenoxy) is 1. The van der Waals surface area contributed by atoms with Gasteiger partial charge in [-0.15, -0.1) is 11.6 Å². The second-order valence-electron chi connectivity index (χ2n) is 4.40. The molecule has 1 fully saturated rings. The predicted octanol–water partition coefficient (Wildman–Crippen LogP) is 0.686. The Kier molecular flexibility index (Phi) is 5.22. The monoisotopic (exact) mass is 283 g/mol. The number of esters is 1. The fraction of sp³-hybridized carbons (Fsp3) is 0.900. The van der Waals surface area contributed by atoms with Crippen LogP contribution < -0.4 is 0 Å². The normalized spacial score (nSPS) is 23.6. The Morgan fingerprint density at radius 1 is 1.59 bits per heavy atom. The third-order valence-corrected chi connectivity index (χ3v) is 5.47. The first-order valence-electron chi connectivity index (χ1n) is 5.52. The van der Waals surface area contributed by atoms with Crippen LogP contribution >= 0.6 is 11.6 Å². The Morgan fingerprint density at radius 3 is 2.76 bits per heavy atom. The van der Waals surface area contributed by atoms with Gasteiger partial charge in [0.1, 0.15) is 0 Å². The predicted molar refractivity (Wildman–Crippen MR) is 65.4 cm³/mol. The van der Waals surface area contributed by atoms with E-state index in [0.29, 0.717) is 18.8 Å². The van der Waals surface area contributed by atoms with E-state index in [-0.39, 0.29) is 30.1 Å². The highest BCUT2D eigenvalue weighted by Crippen LogP contribution is 2.22. The molecule has 2 atom stereocenters. The molecule has 0 bridgehead atoms. The van der Waals surface area contributed by atoms with Crippen molar-refractivity contribution in [2.45, 2.75) is 13.3 Å². The lowest BCUT2D eigenvalue weighted by molar-refractivity contribution is -0.144. The van der Waals surface area contributed by atoms with Crippen molar-refractivity contribution < 1.29 is 17.9 Å². The summed E-state index contributed by atoms with van der Waals surface area (Å²) in [5, 5.41) is 0. The highest BCUT2D eigenvalue weighted by atomic mass is 35.5. The topological polar surface area (TPSA) is 63.7 Å². The van der Waals surface area contributed by atoms with E-state index in [1.165, 1.54) is 11.4 Å². The first-order chi connectivity index (χ1) is 7.90. The van der Waals surface area contributed by atoms with Crippen molar-refractivity contribution in [3.05, 3.63) is 0 Å². The molecule has 0 aromatic carbocycles. The van der Waals surface area contributed by atoms with Crippen molar-refractivity contribution in [3.8, 4) is 0 Å². The molecule has 17 heavy (non-hydrogen) atoms. The Hall–Kier alpha value is -0.330. The molecule has 1 saturated heterocycles. The van der Waals surface area contributed by atoms with Crippen LogP contribution in [-0.2, 0) is 19.6 Å². The molecule has 0 N–H and O–H groups in total. The quantitative estimate of drug-likeness (QED) is 0.550. The summed E-state index contributed by atoms with van der Waals surface area (Å²) in [6, 6.07) is 0. The summed E-state index contributed by atoms with van der Waals surface area (Å²) in [6.07, 6.45) is 0.529. The maximum absolute atomic E-state index is 12.0. The highest BCUT2D eigenvalue weighted by molar-refractivity contribution is 7.89. The maximum Gasteiger partial charge on any atom is 0.310 e. The van der Waals surface area contributed by atoms with Crippen LogP contribution in [0.15, 0.2) is 0 Å². The minimum absolute atomic E-state index is 0.0321. The Morgan fingerprint density at radius 2 is 2.24 bits per heavy atom. The minimum atomic E-state index is -3.30. The summed E-state index contributed by atoms with van der Waals surface area (Å²) < 4.78 is 29.9. The van der Waals surface area contributed by atoms with Gasteiger partial charge in [0.05, 0.1) is 18.8 Å². The van der Waals surface area contributed by atoms with Crippen molar-refractivity contribution >= 4 is 27.6 Å². The molecule has 0 amide bonds. The lowest BCUT2D eigenvalue weighted by atomic mass is 10.1. The summed E-state index contributed by atoms with van der Waals surface area (Å²) >= 11 is 5.61. The van der Waals surface area contributed by atoms with Crippen LogP contribution in [0.4, 0.5) is 0 Å². The number of alkyl halides is 1. The molecule has 0 saturated carbocycles. The number of halogens is 1. The molecule has 5 nitrogen and oxygen atoms in total. The Balaban J connectivity index is 2.61. The van der Waals surface area contributed by atoms with Gasteiger partial charge < -0.3 is 4.74 Å². The van der Waals surface area contributed by atoms with Crippen molar-refractivity contribution in [1.29, 1.82) is 0 Å². The number of carbonyl (C=O) groups is 1. The molecule has 1 rings (SSSR count). The van der Waals surface area contributed by atoms with Gasteiger partial charge in [-0.25, -0.2) is 12.7 Å². The largest absolute Gasteiger partial charge is 0.469 e. The van der Waals surface area contributed by atoms with Crippen molar-refractivity contribution in [3.63, 3.8) is 0 Å². The van der Waals surface area contributed by atoms with Crippen LogP contribution in [0, 0.1) is 11.8 Å². The summed E-state index contributed by atoms with van der Waals surface area (Å²) in [5.74, 6) is -0.411. The molecule has 100 valence electrons. The fourth-order valence-corrected chi connectivity index (χ4v) is 3.93. The van der Waals surface area contributed by atoms with E-state index in [1.54, 1.807) is 6.92 Å². The number of carbonyl (C=O) groups excluding carboxylic acids is 1. The van der Waals surface area contributed by atoms with E-state index < -0.39 is 10.0 Å². The smallest absolute Gasteiger partial charge is 0.310 e. The van der Waals surface area contributed by atoms with Crippen LogP contribution in [0.3, 0.4) is 0 Å². The molecule has 1 aliphatic rings. The molecular formula is C10H18ClNO4S. The number of methoxy groups -OCH3 is 1. The van der Waals surface area contributed by atoms with Crippen LogP contribution in [0.1, 0.15) is 13.3 Å². The molecule has 0 aromatic rings. The summed E-state index contributed by atoms with van der Waals surface area (Å²) in [5.41, 5.74) is 0. The average molecular weight is 284 g/mol. The van der Waals surface area contributed by atoms with Crippen molar-refractivity contribution in [2.24, 2.45) is 11.8 Å². The van der Waals surface area contributed by atoms with Gasteiger partial charge in [-0.05, 0) is 12.3 Å². The third-order valence-electron chi connectivity index (χ3n) is 2.84. The lowest BCUT2D eigenvalue weighted by Gasteiger charge is -2.18. The zero-order chi connectivity index (χ0) is 13.1. The van der Waals surface area contributed by atoms with E-state index in [9.17, 15) is 13.2 Å². The standard InChI is InChI=1S/C10H18ClNO4S/c1-8(5-11)7-17(14,15)12-4-3-9(6-12)10(13)16-2/h8-9H,3-7H2,1-2H3. The zero-order valence-corrected chi connectivity index (χ0v) is 11.6. The van der Waals surface area contributed by atoms with Gasteiger partial charge >= 0.3 is 5.97 Å². The summed E-state index contributed by atoms with van der Waals surface area (Å²) in [7, 11) is -1.99. The first kappa shape index (κ1) is 14.7. The van der Waals surface area contributed by atoms with Gasteiger partial charge in [-0.1, -0.05) is 6.92 Å². The number of sulfonamides is 1. The number of hydrogen-bond acceptors (Lipinski definition) is 4. The number of hydrogen-bond donors (Lipinski definition) is 0. The second kappa shape index (κ2) is 6.02. The Bertz CT molecular complexity index is 371.